The molecule has 1 aromatic carbocycles. The quantitative estimate of drug-likeness (QED) is 0.909. The summed E-state index contributed by atoms with van der Waals surface area (Å²) in [6.07, 6.45) is 0. The summed E-state index contributed by atoms with van der Waals surface area (Å²) in [7, 11) is 2.81. The SMILES string of the molecule is CNc1ccccc1[C@@H](C)N(C)[S@](=O)C(C)(C)C. The van der Waals surface area contributed by atoms with Crippen molar-refractivity contribution in [1.82, 2.24) is 4.31 Å². The van der Waals surface area contributed by atoms with E-state index >= 15 is 0 Å². The first kappa shape index (κ1) is 15.2. The fourth-order valence-corrected chi connectivity index (χ4v) is 3.13. The van der Waals surface area contributed by atoms with Gasteiger partial charge in [-0.3, -0.25) is 0 Å². The lowest BCUT2D eigenvalue weighted by Gasteiger charge is -2.31. The highest BCUT2D eigenvalue weighted by Crippen LogP contribution is 2.29. The Balaban J connectivity index is 3.00. The standard InChI is InChI=1S/C14H24N2OS/c1-11(16(6)18(17)14(2,3)4)12-9-7-8-10-13(12)15-5/h7-11,15H,1-6H3/t11-,18-/m1/s1. The molecule has 0 aliphatic rings. The van der Waals surface area contributed by atoms with Crippen LogP contribution in [-0.2, 0) is 11.0 Å². The second-order valence-corrected chi connectivity index (χ2v) is 7.72. The molecular formula is C14H24N2OS. The van der Waals surface area contributed by atoms with Crippen LogP contribution in [0.25, 0.3) is 0 Å². The highest BCUT2D eigenvalue weighted by molar-refractivity contribution is 7.84. The predicted octanol–water partition coefficient (Wildman–Crippen LogP) is 3.18. The molecule has 3 nitrogen and oxygen atoms in total. The molecule has 0 amide bonds. The maximum absolute atomic E-state index is 12.4. The zero-order valence-electron chi connectivity index (χ0n) is 12.2. The van der Waals surface area contributed by atoms with Crippen molar-refractivity contribution in [2.75, 3.05) is 19.4 Å². The maximum Gasteiger partial charge on any atom is 0.1000 e. The van der Waals surface area contributed by atoms with Crippen molar-refractivity contribution in [1.29, 1.82) is 0 Å². The molecule has 1 N–H and O–H groups in total. The summed E-state index contributed by atoms with van der Waals surface area (Å²) < 4.78 is 14.1. The average Bonchev–Trinajstić information content (AvgIpc) is 2.34. The zero-order valence-corrected chi connectivity index (χ0v) is 13.0. The first-order valence-electron chi connectivity index (χ1n) is 6.20. The predicted molar refractivity (Wildman–Crippen MR) is 80.1 cm³/mol. The highest BCUT2D eigenvalue weighted by Gasteiger charge is 2.28. The van der Waals surface area contributed by atoms with Crippen molar-refractivity contribution >= 4 is 16.7 Å². The highest BCUT2D eigenvalue weighted by atomic mass is 32.2. The molecule has 0 radical (unpaired) electrons. The van der Waals surface area contributed by atoms with E-state index in [-0.39, 0.29) is 10.8 Å². The van der Waals surface area contributed by atoms with E-state index in [2.05, 4.69) is 18.3 Å². The Labute approximate surface area is 113 Å². The second-order valence-electron chi connectivity index (χ2n) is 5.42. The van der Waals surface area contributed by atoms with Gasteiger partial charge in [0.1, 0.15) is 0 Å². The number of hydrogen-bond acceptors (Lipinski definition) is 2. The molecule has 1 rings (SSSR count). The molecule has 0 fully saturated rings. The molecule has 0 unspecified atom stereocenters. The Hall–Kier alpha value is -0.870. The Morgan fingerprint density at radius 3 is 2.33 bits per heavy atom. The van der Waals surface area contributed by atoms with Crippen LogP contribution < -0.4 is 5.32 Å². The van der Waals surface area contributed by atoms with Gasteiger partial charge < -0.3 is 5.32 Å². The van der Waals surface area contributed by atoms with Gasteiger partial charge >= 0.3 is 0 Å². The second kappa shape index (κ2) is 5.85. The van der Waals surface area contributed by atoms with Gasteiger partial charge in [0, 0.05) is 25.8 Å². The molecule has 102 valence electrons. The number of hydrogen-bond donors (Lipinski definition) is 1. The van der Waals surface area contributed by atoms with E-state index < -0.39 is 11.0 Å². The van der Waals surface area contributed by atoms with Crippen LogP contribution in [0.15, 0.2) is 24.3 Å². The molecule has 0 saturated carbocycles. The van der Waals surface area contributed by atoms with Gasteiger partial charge in [-0.25, -0.2) is 8.51 Å². The molecule has 2 atom stereocenters. The molecule has 1 aromatic rings. The van der Waals surface area contributed by atoms with E-state index in [4.69, 9.17) is 0 Å². The van der Waals surface area contributed by atoms with Crippen LogP contribution >= 0.6 is 0 Å². The Bertz CT molecular complexity index is 426. The van der Waals surface area contributed by atoms with E-state index in [1.54, 1.807) is 0 Å². The van der Waals surface area contributed by atoms with Gasteiger partial charge in [0.2, 0.25) is 0 Å². The minimum atomic E-state index is -1.02. The minimum absolute atomic E-state index is 0.105. The van der Waals surface area contributed by atoms with E-state index in [1.807, 2.05) is 57.4 Å². The molecule has 0 heterocycles. The summed E-state index contributed by atoms with van der Waals surface area (Å²) >= 11 is 0. The van der Waals surface area contributed by atoms with Crippen LogP contribution in [0.3, 0.4) is 0 Å². The Kier molecular flexibility index (Phi) is 4.93. The van der Waals surface area contributed by atoms with Crippen LogP contribution in [0.2, 0.25) is 0 Å². The number of nitrogens with zero attached hydrogens (tertiary/aromatic N) is 1. The van der Waals surface area contributed by atoms with Crippen molar-refractivity contribution < 1.29 is 4.21 Å². The molecule has 0 aromatic heterocycles. The van der Waals surface area contributed by atoms with Crippen molar-refractivity contribution in [3.8, 4) is 0 Å². The Morgan fingerprint density at radius 1 is 1.28 bits per heavy atom. The molecule has 0 aliphatic heterocycles. The third kappa shape index (κ3) is 3.33. The molecule has 0 bridgehead atoms. The van der Waals surface area contributed by atoms with E-state index in [0.29, 0.717) is 0 Å². The lowest BCUT2D eigenvalue weighted by molar-refractivity contribution is 0.418. The monoisotopic (exact) mass is 268 g/mol. The van der Waals surface area contributed by atoms with Gasteiger partial charge in [-0.1, -0.05) is 18.2 Å². The van der Waals surface area contributed by atoms with Crippen molar-refractivity contribution in [3.05, 3.63) is 29.8 Å². The number of nitrogens with one attached hydrogen (secondary N) is 1. The van der Waals surface area contributed by atoms with E-state index in [9.17, 15) is 4.21 Å². The summed E-state index contributed by atoms with van der Waals surface area (Å²) in [5.41, 5.74) is 2.25. The summed E-state index contributed by atoms with van der Waals surface area (Å²) in [5.74, 6) is 0. The first-order chi connectivity index (χ1) is 8.29. The first-order valence-corrected chi connectivity index (χ1v) is 7.31. The van der Waals surface area contributed by atoms with Crippen molar-refractivity contribution in [2.45, 2.75) is 38.5 Å². The summed E-state index contributed by atoms with van der Waals surface area (Å²) in [4.78, 5) is 0. The van der Waals surface area contributed by atoms with Crippen molar-refractivity contribution in [3.63, 3.8) is 0 Å². The average molecular weight is 268 g/mol. The molecule has 0 saturated heterocycles. The largest absolute Gasteiger partial charge is 0.388 e. The molecule has 0 aliphatic carbocycles. The molecule has 0 spiro atoms. The lowest BCUT2D eigenvalue weighted by atomic mass is 10.1. The third-order valence-corrected chi connectivity index (χ3v) is 4.90. The zero-order chi connectivity index (χ0) is 13.9. The molecule has 4 heteroatoms. The van der Waals surface area contributed by atoms with Crippen LogP contribution in [0.1, 0.15) is 39.3 Å². The third-order valence-electron chi connectivity index (χ3n) is 3.01. The minimum Gasteiger partial charge on any atom is -0.388 e. The lowest BCUT2D eigenvalue weighted by Crippen LogP contribution is -2.36. The van der Waals surface area contributed by atoms with E-state index in [0.717, 1.165) is 5.69 Å². The smallest absolute Gasteiger partial charge is 0.1000 e. The maximum atomic E-state index is 12.4. The normalized spacial score (nSPS) is 15.5. The van der Waals surface area contributed by atoms with Crippen LogP contribution in [0.5, 0.6) is 0 Å². The number of anilines is 1. The summed E-state index contributed by atoms with van der Waals surface area (Å²) in [5, 5.41) is 3.18. The Morgan fingerprint density at radius 2 is 1.83 bits per heavy atom. The van der Waals surface area contributed by atoms with Gasteiger partial charge in [0.15, 0.2) is 0 Å². The fraction of sp³-hybridized carbons (Fsp3) is 0.571. The van der Waals surface area contributed by atoms with Crippen LogP contribution in [0, 0.1) is 0 Å². The summed E-state index contributed by atoms with van der Waals surface area (Å²) in [6.45, 7) is 8.07. The van der Waals surface area contributed by atoms with Gasteiger partial charge in [0.05, 0.1) is 15.7 Å². The summed E-state index contributed by atoms with van der Waals surface area (Å²) in [6, 6.07) is 8.24. The van der Waals surface area contributed by atoms with Crippen LogP contribution in [-0.4, -0.2) is 27.4 Å². The number of rotatable bonds is 4. The molecule has 18 heavy (non-hydrogen) atoms. The van der Waals surface area contributed by atoms with Gasteiger partial charge in [-0.05, 0) is 39.3 Å². The molecular weight excluding hydrogens is 244 g/mol. The number of benzene rings is 1. The van der Waals surface area contributed by atoms with Gasteiger partial charge in [-0.2, -0.15) is 0 Å². The van der Waals surface area contributed by atoms with Crippen LogP contribution in [0.4, 0.5) is 5.69 Å². The number of para-hydroxylation sites is 1. The fourth-order valence-electron chi connectivity index (χ4n) is 1.86. The van der Waals surface area contributed by atoms with E-state index in [1.165, 1.54) is 5.56 Å². The van der Waals surface area contributed by atoms with Gasteiger partial charge in [0.25, 0.3) is 0 Å². The van der Waals surface area contributed by atoms with Crippen molar-refractivity contribution in [2.24, 2.45) is 0 Å². The van der Waals surface area contributed by atoms with Gasteiger partial charge in [-0.15, -0.1) is 0 Å². The topological polar surface area (TPSA) is 32.3 Å².